The van der Waals surface area contributed by atoms with Gasteiger partial charge in [0, 0.05) is 10.9 Å². The molecule has 0 aliphatic rings. The summed E-state index contributed by atoms with van der Waals surface area (Å²) < 4.78 is 16.4. The van der Waals surface area contributed by atoms with E-state index in [0.29, 0.717) is 22.3 Å². The molecule has 1 heterocycles. The Balaban J connectivity index is 2.48. The van der Waals surface area contributed by atoms with Gasteiger partial charge in [-0.1, -0.05) is 12.6 Å². The molecule has 0 bridgehead atoms. The molecule has 0 radical (unpaired) electrons. The van der Waals surface area contributed by atoms with E-state index in [4.69, 9.17) is 19.9 Å². The Kier molecular flexibility index (Phi) is 4.98. The summed E-state index contributed by atoms with van der Waals surface area (Å²) in [6, 6.07) is 5.76. The van der Waals surface area contributed by atoms with E-state index in [9.17, 15) is 0 Å². The zero-order valence-electron chi connectivity index (χ0n) is 13.3. The van der Waals surface area contributed by atoms with Crippen molar-refractivity contribution in [2.45, 2.75) is 20.0 Å². The molecule has 2 N–H and O–H groups in total. The van der Waals surface area contributed by atoms with Gasteiger partial charge >= 0.3 is 0 Å². The second-order valence-electron chi connectivity index (χ2n) is 5.05. The van der Waals surface area contributed by atoms with Gasteiger partial charge in [-0.05, 0) is 31.5 Å². The van der Waals surface area contributed by atoms with Crippen molar-refractivity contribution >= 4 is 22.1 Å². The third-order valence-corrected chi connectivity index (χ3v) is 3.98. The van der Waals surface area contributed by atoms with Crippen molar-refractivity contribution in [1.29, 1.82) is 0 Å². The van der Waals surface area contributed by atoms with E-state index in [1.54, 1.807) is 14.2 Å². The molecule has 0 aliphatic carbocycles. The van der Waals surface area contributed by atoms with Gasteiger partial charge in [0.05, 0.1) is 30.9 Å². The van der Waals surface area contributed by atoms with Crippen LogP contribution in [0.25, 0.3) is 16.9 Å². The first kappa shape index (κ1) is 16.2. The highest BCUT2D eigenvalue weighted by molar-refractivity contribution is 7.14. The van der Waals surface area contributed by atoms with Crippen LogP contribution in [0.4, 0.5) is 5.00 Å². The Bertz CT molecular complexity index is 677. The van der Waals surface area contributed by atoms with Crippen LogP contribution in [0, 0.1) is 0 Å². The van der Waals surface area contributed by atoms with Crippen LogP contribution in [0.3, 0.4) is 0 Å². The van der Waals surface area contributed by atoms with Crippen LogP contribution in [-0.2, 0) is 4.74 Å². The number of thiophene rings is 1. The molecule has 1 aromatic heterocycles. The Labute approximate surface area is 135 Å². The number of anilines is 1. The predicted octanol–water partition coefficient (Wildman–Crippen LogP) is 4.41. The minimum absolute atomic E-state index is 0.0463. The van der Waals surface area contributed by atoms with E-state index in [1.165, 1.54) is 11.3 Å². The maximum atomic E-state index is 6.10. The van der Waals surface area contributed by atoms with Gasteiger partial charge in [-0.25, -0.2) is 0 Å². The molecule has 0 spiro atoms. The van der Waals surface area contributed by atoms with Crippen molar-refractivity contribution < 1.29 is 14.2 Å². The molecule has 1 aromatic carbocycles. The molecule has 0 aliphatic heterocycles. The lowest BCUT2D eigenvalue weighted by atomic mass is 10.0. The molecule has 5 heteroatoms. The Morgan fingerprint density at radius 1 is 1.18 bits per heavy atom. The Morgan fingerprint density at radius 2 is 1.86 bits per heavy atom. The lowest BCUT2D eigenvalue weighted by Crippen LogP contribution is -2.02. The van der Waals surface area contributed by atoms with E-state index in [2.05, 4.69) is 6.58 Å². The molecule has 0 saturated heterocycles. The summed E-state index contributed by atoms with van der Waals surface area (Å²) in [6.07, 6.45) is 0.0463. The van der Waals surface area contributed by atoms with Crippen molar-refractivity contribution in [1.82, 2.24) is 0 Å². The zero-order valence-corrected chi connectivity index (χ0v) is 14.1. The summed E-state index contributed by atoms with van der Waals surface area (Å²) in [4.78, 5) is 0. The standard InChI is InChI=1S/C17H21NO3S/c1-10(2)21-11(3)16-13(9-22-17(16)18)12-6-7-14(19-4)15(8-12)20-5/h6-10H,3,18H2,1-2,4-5H3. The van der Waals surface area contributed by atoms with Crippen molar-refractivity contribution in [2.24, 2.45) is 0 Å². The van der Waals surface area contributed by atoms with Gasteiger partial charge in [0.25, 0.3) is 0 Å². The van der Waals surface area contributed by atoms with E-state index in [0.717, 1.165) is 16.7 Å². The van der Waals surface area contributed by atoms with Crippen molar-refractivity contribution in [3.63, 3.8) is 0 Å². The molecular formula is C17H21NO3S. The van der Waals surface area contributed by atoms with Crippen LogP contribution in [0.15, 0.2) is 30.2 Å². The smallest absolute Gasteiger partial charge is 0.161 e. The number of hydrogen-bond donors (Lipinski definition) is 1. The third kappa shape index (κ3) is 3.20. The van der Waals surface area contributed by atoms with Gasteiger partial charge in [-0.2, -0.15) is 0 Å². The fraction of sp³-hybridized carbons (Fsp3) is 0.294. The van der Waals surface area contributed by atoms with E-state index in [-0.39, 0.29) is 6.10 Å². The van der Waals surface area contributed by atoms with Crippen molar-refractivity contribution in [3.8, 4) is 22.6 Å². The second kappa shape index (κ2) is 6.75. The highest BCUT2D eigenvalue weighted by Gasteiger charge is 2.17. The minimum Gasteiger partial charge on any atom is -0.493 e. The van der Waals surface area contributed by atoms with Crippen molar-refractivity contribution in [3.05, 3.63) is 35.7 Å². The van der Waals surface area contributed by atoms with Crippen LogP contribution < -0.4 is 15.2 Å². The van der Waals surface area contributed by atoms with E-state index in [1.807, 2.05) is 37.4 Å². The number of nitrogen functional groups attached to an aromatic ring is 1. The summed E-state index contributed by atoms with van der Waals surface area (Å²) in [5.41, 5.74) is 8.90. The number of rotatable bonds is 6. The predicted molar refractivity (Wildman–Crippen MR) is 92.5 cm³/mol. The number of nitrogens with two attached hydrogens (primary N) is 1. The Hall–Kier alpha value is -2.14. The maximum Gasteiger partial charge on any atom is 0.161 e. The highest BCUT2D eigenvalue weighted by atomic mass is 32.1. The topological polar surface area (TPSA) is 53.7 Å². The molecule has 22 heavy (non-hydrogen) atoms. The molecule has 118 valence electrons. The monoisotopic (exact) mass is 319 g/mol. The summed E-state index contributed by atoms with van der Waals surface area (Å²) in [5, 5.41) is 2.69. The summed E-state index contributed by atoms with van der Waals surface area (Å²) in [5.74, 6) is 1.94. The summed E-state index contributed by atoms with van der Waals surface area (Å²) in [7, 11) is 3.23. The Morgan fingerprint density at radius 3 is 2.45 bits per heavy atom. The first-order valence-electron chi connectivity index (χ1n) is 6.93. The molecular weight excluding hydrogens is 298 g/mol. The van der Waals surface area contributed by atoms with Crippen LogP contribution in [0.2, 0.25) is 0 Å². The van der Waals surface area contributed by atoms with Gasteiger partial charge < -0.3 is 19.9 Å². The van der Waals surface area contributed by atoms with Gasteiger partial charge in [0.15, 0.2) is 11.5 Å². The average Bonchev–Trinajstić information content (AvgIpc) is 2.87. The molecule has 4 nitrogen and oxygen atoms in total. The van der Waals surface area contributed by atoms with Crippen molar-refractivity contribution in [2.75, 3.05) is 20.0 Å². The second-order valence-corrected chi connectivity index (χ2v) is 5.96. The number of methoxy groups -OCH3 is 2. The summed E-state index contributed by atoms with van der Waals surface area (Å²) in [6.45, 7) is 7.93. The lowest BCUT2D eigenvalue weighted by molar-refractivity contribution is 0.205. The van der Waals surface area contributed by atoms with Crippen LogP contribution in [0.1, 0.15) is 19.4 Å². The average molecular weight is 319 g/mol. The quantitative estimate of drug-likeness (QED) is 0.801. The van der Waals surface area contributed by atoms with Gasteiger partial charge in [-0.3, -0.25) is 0 Å². The molecule has 0 fully saturated rings. The minimum atomic E-state index is 0.0463. The number of benzene rings is 1. The number of hydrogen-bond acceptors (Lipinski definition) is 5. The molecule has 0 unspecified atom stereocenters. The number of ether oxygens (including phenoxy) is 3. The van der Waals surface area contributed by atoms with Gasteiger partial charge in [0.1, 0.15) is 5.76 Å². The summed E-state index contributed by atoms with van der Waals surface area (Å²) >= 11 is 1.47. The maximum absolute atomic E-state index is 6.10. The fourth-order valence-corrected chi connectivity index (χ4v) is 3.06. The first-order valence-corrected chi connectivity index (χ1v) is 7.81. The third-order valence-electron chi connectivity index (χ3n) is 3.17. The molecule has 2 aromatic rings. The molecule has 2 rings (SSSR count). The van der Waals surface area contributed by atoms with Crippen LogP contribution >= 0.6 is 11.3 Å². The highest BCUT2D eigenvalue weighted by Crippen LogP contribution is 2.41. The first-order chi connectivity index (χ1) is 10.5. The molecule has 0 saturated carbocycles. The van der Waals surface area contributed by atoms with Crippen LogP contribution in [-0.4, -0.2) is 20.3 Å². The lowest BCUT2D eigenvalue weighted by Gasteiger charge is -2.15. The van der Waals surface area contributed by atoms with Crippen LogP contribution in [0.5, 0.6) is 11.5 Å². The molecule has 0 amide bonds. The fourth-order valence-electron chi connectivity index (χ4n) is 2.22. The van der Waals surface area contributed by atoms with Gasteiger partial charge in [0.2, 0.25) is 0 Å². The largest absolute Gasteiger partial charge is 0.493 e. The SMILES string of the molecule is C=C(OC(C)C)c1c(-c2ccc(OC)c(OC)c2)csc1N. The zero-order chi connectivity index (χ0) is 16.3. The van der Waals surface area contributed by atoms with E-state index < -0.39 is 0 Å². The molecule has 0 atom stereocenters. The van der Waals surface area contributed by atoms with E-state index >= 15 is 0 Å². The normalized spacial score (nSPS) is 10.6. The van der Waals surface area contributed by atoms with Gasteiger partial charge in [-0.15, -0.1) is 11.3 Å².